The van der Waals surface area contributed by atoms with Crippen molar-refractivity contribution in [3.63, 3.8) is 0 Å². The van der Waals surface area contributed by atoms with E-state index in [9.17, 15) is 0 Å². The number of hydrogen-bond acceptors (Lipinski definition) is 4. The lowest BCUT2D eigenvalue weighted by Gasteiger charge is -2.07. The summed E-state index contributed by atoms with van der Waals surface area (Å²) in [5.74, 6) is 0.895. The Bertz CT molecular complexity index is 468. The predicted octanol–water partition coefficient (Wildman–Crippen LogP) is 2.47. The number of nitrogens with zero attached hydrogens (tertiary/aromatic N) is 2. The number of fused-ring (bicyclic) bond motifs is 1. The van der Waals surface area contributed by atoms with Crippen molar-refractivity contribution in [2.75, 3.05) is 25.1 Å². The van der Waals surface area contributed by atoms with Crippen molar-refractivity contribution in [1.29, 1.82) is 0 Å². The van der Waals surface area contributed by atoms with E-state index in [0.29, 0.717) is 0 Å². The van der Waals surface area contributed by atoms with Crippen LogP contribution in [0.5, 0.6) is 0 Å². The number of aromatic nitrogens is 2. The van der Waals surface area contributed by atoms with Crippen LogP contribution in [-0.4, -0.2) is 29.7 Å². The highest BCUT2D eigenvalue weighted by atomic mass is 16.5. The molecule has 4 heteroatoms. The summed E-state index contributed by atoms with van der Waals surface area (Å²) >= 11 is 0. The van der Waals surface area contributed by atoms with Gasteiger partial charge in [-0.05, 0) is 25.5 Å². The molecule has 0 spiro atoms. The lowest BCUT2D eigenvalue weighted by atomic mass is 10.2. The van der Waals surface area contributed by atoms with Crippen molar-refractivity contribution in [1.82, 2.24) is 9.97 Å². The second-order valence-electron chi connectivity index (χ2n) is 3.72. The van der Waals surface area contributed by atoms with Crippen LogP contribution in [0, 0.1) is 0 Å². The molecule has 0 saturated carbocycles. The third-order valence-corrected chi connectivity index (χ3v) is 2.50. The van der Waals surface area contributed by atoms with Crippen LogP contribution in [0.4, 0.5) is 5.82 Å². The molecule has 1 aromatic carbocycles. The Hall–Kier alpha value is -1.68. The lowest BCUT2D eigenvalue weighted by Crippen LogP contribution is -2.07. The van der Waals surface area contributed by atoms with Crippen LogP contribution >= 0.6 is 0 Å². The number of para-hydroxylation sites is 1. The summed E-state index contributed by atoms with van der Waals surface area (Å²) in [5.41, 5.74) is 0.967. The van der Waals surface area contributed by atoms with E-state index < -0.39 is 0 Å². The first kappa shape index (κ1) is 11.8. The second kappa shape index (κ2) is 6.15. The summed E-state index contributed by atoms with van der Waals surface area (Å²) in [6.07, 6.45) is 2.57. The summed E-state index contributed by atoms with van der Waals surface area (Å²) in [5, 5.41) is 4.38. The van der Waals surface area contributed by atoms with Gasteiger partial charge in [-0.1, -0.05) is 12.1 Å². The number of rotatable bonds is 6. The average Bonchev–Trinajstić information content (AvgIpc) is 2.39. The molecule has 1 aromatic heterocycles. The third-order valence-electron chi connectivity index (χ3n) is 2.50. The molecular formula is C13H17N3O. The van der Waals surface area contributed by atoms with Gasteiger partial charge >= 0.3 is 0 Å². The molecular weight excluding hydrogens is 214 g/mol. The summed E-state index contributed by atoms with van der Waals surface area (Å²) in [4.78, 5) is 8.49. The first-order chi connectivity index (χ1) is 8.42. The topological polar surface area (TPSA) is 47.0 Å². The van der Waals surface area contributed by atoms with Crippen LogP contribution < -0.4 is 5.32 Å². The minimum Gasteiger partial charge on any atom is -0.382 e. The quantitative estimate of drug-likeness (QED) is 0.776. The van der Waals surface area contributed by atoms with Gasteiger partial charge in [-0.15, -0.1) is 0 Å². The standard InChI is InChI=1S/C13H17N3O/c1-2-17-9-5-8-14-13-11-6-3-4-7-12(11)15-10-16-13/h3-4,6-7,10H,2,5,8-9H2,1H3,(H,14,15,16). The van der Waals surface area contributed by atoms with Crippen molar-refractivity contribution in [3.8, 4) is 0 Å². The zero-order chi connectivity index (χ0) is 11.9. The highest BCUT2D eigenvalue weighted by Gasteiger charge is 2.01. The molecule has 0 aliphatic carbocycles. The van der Waals surface area contributed by atoms with Gasteiger partial charge in [0.1, 0.15) is 12.1 Å². The molecule has 0 amide bonds. The number of hydrogen-bond donors (Lipinski definition) is 1. The maximum atomic E-state index is 5.29. The van der Waals surface area contributed by atoms with Gasteiger partial charge in [-0.2, -0.15) is 0 Å². The Morgan fingerprint density at radius 3 is 3.00 bits per heavy atom. The first-order valence-electron chi connectivity index (χ1n) is 5.93. The number of ether oxygens (including phenoxy) is 1. The normalized spacial score (nSPS) is 10.6. The van der Waals surface area contributed by atoms with Gasteiger partial charge in [0.05, 0.1) is 5.52 Å². The van der Waals surface area contributed by atoms with Crippen molar-refractivity contribution in [3.05, 3.63) is 30.6 Å². The molecule has 0 saturated heterocycles. The largest absolute Gasteiger partial charge is 0.382 e. The Labute approximate surface area is 101 Å². The Morgan fingerprint density at radius 1 is 1.24 bits per heavy atom. The van der Waals surface area contributed by atoms with Gasteiger partial charge in [0.15, 0.2) is 0 Å². The van der Waals surface area contributed by atoms with Crippen molar-refractivity contribution >= 4 is 16.7 Å². The Morgan fingerprint density at radius 2 is 2.12 bits per heavy atom. The molecule has 0 bridgehead atoms. The summed E-state index contributed by atoms with van der Waals surface area (Å²) < 4.78 is 5.29. The van der Waals surface area contributed by atoms with E-state index in [0.717, 1.165) is 42.9 Å². The fourth-order valence-corrected chi connectivity index (χ4v) is 1.67. The molecule has 2 aromatic rings. The second-order valence-corrected chi connectivity index (χ2v) is 3.72. The van der Waals surface area contributed by atoms with E-state index in [4.69, 9.17) is 4.74 Å². The zero-order valence-corrected chi connectivity index (χ0v) is 10.0. The minimum absolute atomic E-state index is 0.774. The van der Waals surface area contributed by atoms with Crippen molar-refractivity contribution in [2.24, 2.45) is 0 Å². The average molecular weight is 231 g/mol. The van der Waals surface area contributed by atoms with Gasteiger partial charge in [0, 0.05) is 25.1 Å². The first-order valence-corrected chi connectivity index (χ1v) is 5.93. The van der Waals surface area contributed by atoms with E-state index in [2.05, 4.69) is 15.3 Å². The molecule has 0 radical (unpaired) electrons. The molecule has 90 valence electrons. The monoisotopic (exact) mass is 231 g/mol. The predicted molar refractivity (Wildman–Crippen MR) is 69.1 cm³/mol. The van der Waals surface area contributed by atoms with E-state index in [1.807, 2.05) is 31.2 Å². The fraction of sp³-hybridized carbons (Fsp3) is 0.385. The number of nitrogens with one attached hydrogen (secondary N) is 1. The van der Waals surface area contributed by atoms with Gasteiger partial charge in [-0.3, -0.25) is 0 Å². The SMILES string of the molecule is CCOCCCNc1ncnc2ccccc12. The van der Waals surface area contributed by atoms with Crippen LogP contribution in [0.2, 0.25) is 0 Å². The Balaban J connectivity index is 1.98. The van der Waals surface area contributed by atoms with E-state index in [1.54, 1.807) is 6.33 Å². The van der Waals surface area contributed by atoms with Crippen LogP contribution in [0.15, 0.2) is 30.6 Å². The smallest absolute Gasteiger partial charge is 0.137 e. The zero-order valence-electron chi connectivity index (χ0n) is 10.0. The van der Waals surface area contributed by atoms with E-state index in [1.165, 1.54) is 0 Å². The fourth-order valence-electron chi connectivity index (χ4n) is 1.67. The molecule has 2 rings (SSSR count). The summed E-state index contributed by atoms with van der Waals surface area (Å²) in [6.45, 7) is 4.43. The number of anilines is 1. The highest BCUT2D eigenvalue weighted by Crippen LogP contribution is 2.17. The molecule has 0 atom stereocenters. The molecule has 0 aliphatic rings. The van der Waals surface area contributed by atoms with Gasteiger partial charge in [-0.25, -0.2) is 9.97 Å². The maximum Gasteiger partial charge on any atom is 0.137 e. The van der Waals surface area contributed by atoms with Gasteiger partial charge in [0.25, 0.3) is 0 Å². The van der Waals surface area contributed by atoms with Crippen molar-refractivity contribution < 1.29 is 4.74 Å². The molecule has 1 heterocycles. The maximum absolute atomic E-state index is 5.29. The highest BCUT2D eigenvalue weighted by molar-refractivity contribution is 5.88. The Kier molecular flexibility index (Phi) is 4.27. The lowest BCUT2D eigenvalue weighted by molar-refractivity contribution is 0.147. The molecule has 4 nitrogen and oxygen atoms in total. The van der Waals surface area contributed by atoms with Crippen LogP contribution in [0.1, 0.15) is 13.3 Å². The van der Waals surface area contributed by atoms with Crippen LogP contribution in [-0.2, 0) is 4.74 Å². The van der Waals surface area contributed by atoms with Crippen molar-refractivity contribution in [2.45, 2.75) is 13.3 Å². The van der Waals surface area contributed by atoms with Gasteiger partial charge < -0.3 is 10.1 Å². The third kappa shape index (κ3) is 3.14. The molecule has 1 N–H and O–H groups in total. The summed E-state index contributed by atoms with van der Waals surface area (Å²) in [6, 6.07) is 7.99. The van der Waals surface area contributed by atoms with Crippen LogP contribution in [0.3, 0.4) is 0 Å². The molecule has 17 heavy (non-hydrogen) atoms. The van der Waals surface area contributed by atoms with E-state index in [-0.39, 0.29) is 0 Å². The van der Waals surface area contributed by atoms with Gasteiger partial charge in [0.2, 0.25) is 0 Å². The minimum atomic E-state index is 0.774. The molecule has 0 aliphatic heterocycles. The molecule has 0 fully saturated rings. The number of benzene rings is 1. The van der Waals surface area contributed by atoms with E-state index >= 15 is 0 Å². The van der Waals surface area contributed by atoms with Crippen LogP contribution in [0.25, 0.3) is 10.9 Å². The molecule has 0 unspecified atom stereocenters. The summed E-state index contributed by atoms with van der Waals surface area (Å²) in [7, 11) is 0.